The predicted molar refractivity (Wildman–Crippen MR) is 548 cm³/mol. The van der Waals surface area contributed by atoms with E-state index < -0.39 is 0 Å². The van der Waals surface area contributed by atoms with Crippen LogP contribution >= 0.6 is 0 Å². The van der Waals surface area contributed by atoms with Gasteiger partial charge in [0.25, 0.3) is 49.2 Å². The summed E-state index contributed by atoms with van der Waals surface area (Å²) in [6.45, 7) is 45.6. The summed E-state index contributed by atoms with van der Waals surface area (Å²) in [5.41, 5.74) is 12.6. The Balaban J connectivity index is 0.000000241. The summed E-state index contributed by atoms with van der Waals surface area (Å²) in [6, 6.07) is 113. The first-order valence-electron chi connectivity index (χ1n) is 45.0. The van der Waals surface area contributed by atoms with Gasteiger partial charge in [-0.1, -0.05) is 268 Å². The van der Waals surface area contributed by atoms with Gasteiger partial charge >= 0.3 is 167 Å². The summed E-state index contributed by atoms with van der Waals surface area (Å²) < 4.78 is 38.5. The molecule has 15 nitrogen and oxygen atoms in total. The zero-order chi connectivity index (χ0) is 85.6. The molecule has 0 N–H and O–H groups in total. The van der Waals surface area contributed by atoms with Crippen molar-refractivity contribution in [3.63, 3.8) is 0 Å². The Morgan fingerprint density at radius 2 is 0.421 bits per heavy atom. The van der Waals surface area contributed by atoms with Crippen LogP contribution in [0.4, 0.5) is 56.9 Å². The molecular formula is C91H127B10N15Ru5Si5. The molecule has 126 heavy (non-hydrogen) atoms. The molecule has 10 aromatic rings. The number of unbranched alkanes of at least 4 members (excludes halogenated alkanes) is 6. The molecule has 0 unspecified atom stereocenters. The third kappa shape index (κ3) is 29.4. The molecule has 15 rings (SSSR count). The number of hydrogen-bond acceptors (Lipinski definition) is 15. The van der Waals surface area contributed by atoms with Crippen LogP contribution in [0.1, 0.15) is 106 Å². The summed E-state index contributed by atoms with van der Waals surface area (Å²) in [7, 11) is -0.0950. The second kappa shape index (κ2) is 57.3. The van der Waals surface area contributed by atoms with E-state index in [0.717, 1.165) is 26.2 Å². The quantitative estimate of drug-likeness (QED) is 0.0310. The second-order valence-corrected chi connectivity index (χ2v) is 39.2. The van der Waals surface area contributed by atoms with Crippen LogP contribution < -0.4 is 44.8 Å². The van der Waals surface area contributed by atoms with Gasteiger partial charge in [0.1, 0.15) is 0 Å². The minimum Gasteiger partial charge on any atom is -0.437 e. The van der Waals surface area contributed by atoms with Crippen molar-refractivity contribution in [1.82, 2.24) is 23.6 Å². The fourth-order valence-corrected chi connectivity index (χ4v) is 25.3. The minimum absolute atomic E-state index is 0. The number of hydrogen-bond donors (Lipinski definition) is 0. The Hall–Kier alpha value is -5.15. The van der Waals surface area contributed by atoms with Gasteiger partial charge in [0.05, 0.1) is 0 Å². The van der Waals surface area contributed by atoms with E-state index in [1.807, 2.05) is 60.7 Å². The zero-order valence-corrected chi connectivity index (χ0v) is 91.6. The Morgan fingerprint density at radius 1 is 0.222 bits per heavy atom. The third-order valence-corrected chi connectivity index (χ3v) is 33.9. The Bertz CT molecular complexity index is 4260. The summed E-state index contributed by atoms with van der Waals surface area (Å²) in [5, 5.41) is 0. The molecule has 10 aromatic carbocycles. The van der Waals surface area contributed by atoms with Crippen molar-refractivity contribution < 1.29 is 97.4 Å². The van der Waals surface area contributed by atoms with Crippen LogP contribution in [0.2, 0.25) is 68.2 Å². The first kappa shape index (κ1) is 110. The fourth-order valence-electron chi connectivity index (χ4n) is 17.4. The van der Waals surface area contributed by atoms with Crippen molar-refractivity contribution >= 4 is 176 Å². The maximum Gasteiger partial charge on any atom is 1.00 e. The van der Waals surface area contributed by atoms with Crippen molar-refractivity contribution in [2.75, 3.05) is 70.9 Å². The first-order valence-corrected chi connectivity index (χ1v) is 50.1. The predicted octanol–water partition coefficient (Wildman–Crippen LogP) is 17.5. The van der Waals surface area contributed by atoms with Gasteiger partial charge in [-0.2, -0.15) is 121 Å². The van der Waals surface area contributed by atoms with Gasteiger partial charge in [-0.15, -0.1) is 30.3 Å². The molecule has 0 spiro atoms. The minimum atomic E-state index is -0.0266. The maximum absolute atomic E-state index is 3.45. The van der Waals surface area contributed by atoms with E-state index in [4.69, 9.17) is 0 Å². The van der Waals surface area contributed by atoms with Gasteiger partial charge in [-0.05, 0) is 119 Å². The number of anilines is 10. The number of rotatable bonds is 25. The van der Waals surface area contributed by atoms with Gasteiger partial charge in [-0.25, -0.2) is 0 Å². The molecule has 0 bridgehead atoms. The Morgan fingerprint density at radius 3 is 0.651 bits per heavy atom. The summed E-state index contributed by atoms with van der Waals surface area (Å²) in [5.74, 6) is 0. The SMILES string of the molecule is CB1N(c2[c-]cccc2)[SiH]N(c2ccccc2)B(C)N1C(C)C.CCCCCCN1B(C)N(c2[c-]cccc2)[SiH]N(c2ccccc2)B1C.CCCCCN1B(C)N(c2[c-]cccc2)[SiH]N(c2ccccc2)B1C.CCCCN1B(C)N(c2[c-]cccc2)[SiH]N(c2ccccc2)B1C.CCCN1B(C)N(c2[c-]cccc2)[SiH]N(c2ccccc2)B1C.[Ru+].[Ru+].[Ru+].[Ru+].[Ru+]. The van der Waals surface area contributed by atoms with Crippen LogP contribution in [0.3, 0.4) is 0 Å². The molecule has 0 saturated carbocycles. The average molecular weight is 2190 g/mol. The molecular weight excluding hydrogens is 2060 g/mol. The van der Waals surface area contributed by atoms with Gasteiger partial charge in [0.2, 0.25) is 0 Å². The second-order valence-electron chi connectivity index (χ2n) is 32.5. The smallest absolute Gasteiger partial charge is 0.437 e. The van der Waals surface area contributed by atoms with E-state index in [-0.39, 0.29) is 147 Å². The molecule has 5 aliphatic heterocycles. The third-order valence-electron chi connectivity index (χ3n) is 24.2. The maximum atomic E-state index is 3.45. The largest absolute Gasteiger partial charge is 1.00 e. The van der Waals surface area contributed by atoms with Crippen LogP contribution in [0.5, 0.6) is 0 Å². The van der Waals surface area contributed by atoms with Crippen molar-refractivity contribution in [2.45, 2.75) is 180 Å². The van der Waals surface area contributed by atoms with Crippen LogP contribution in [-0.4, -0.2) is 175 Å². The van der Waals surface area contributed by atoms with Crippen LogP contribution in [0, 0.1) is 30.3 Å². The van der Waals surface area contributed by atoms with Crippen LogP contribution in [-0.2, 0) is 97.4 Å². The monoisotopic (exact) mass is 2190 g/mol. The van der Waals surface area contributed by atoms with E-state index in [9.17, 15) is 0 Å². The molecule has 0 aliphatic carbocycles. The van der Waals surface area contributed by atoms with E-state index in [0.29, 0.717) is 75.9 Å². The molecule has 0 amide bonds. The standard InChI is InChI=1S/C20H29B2N3Si.C19H27B2N3Si.C18H25B2N3Si.2C17H23B2N3Si.5Ru/c1-4-5-6-13-18-23-21(2)24(19-14-9-7-10-15-19)26-25(22(23)3)20-16-11-8-12-17-20;1-4-5-12-17-22-20(2)23(18-13-8-6-9-14-18)25-24(21(22)3)19-15-10-7-11-16-19;1-4-5-16-21-19(2)22(17-12-8-6-9-13-17)24-23(20(21)3)18-14-10-7-11-15-18;1-15(2)20-18(3)21(16-11-7-5-8-12-16)23-22(19(20)4)17-13-9-6-10-14-17;1-4-15-20-18(2)21(16-11-7-5-8-12-16)23-22(19(20)3)17-13-9-6-10-14-17;;;;;/h7-12,14-16,26H,4-6,13,18H2,1-3H3;6-11,13-15,25H,4-5,12,17H2,1-3H3;6-14,24H,4-5,16H2,1-3H3;5-13,15,23H,1-4H3;5-13,23H,4,15H2,1-3H3;;;;;/q5*-1;5*+1. The molecule has 5 aliphatic rings. The normalized spacial score (nSPS) is 15.3. The summed E-state index contributed by atoms with van der Waals surface area (Å²) in [6.07, 6.45) is 12.7. The van der Waals surface area contributed by atoms with Gasteiger partial charge in [0.15, 0.2) is 0 Å². The topological polar surface area (TPSA) is 48.6 Å². The molecule has 35 heteroatoms. The van der Waals surface area contributed by atoms with E-state index in [2.05, 4.69) is 421 Å². The van der Waals surface area contributed by atoms with Crippen molar-refractivity contribution in [1.29, 1.82) is 0 Å². The van der Waals surface area contributed by atoms with Gasteiger partial charge in [0, 0.05) is 28.4 Å². The molecule has 5 saturated heterocycles. The van der Waals surface area contributed by atoms with Gasteiger partial charge in [-0.3, -0.25) is 0 Å². The molecule has 0 aromatic heterocycles. The van der Waals surface area contributed by atoms with Gasteiger partial charge < -0.3 is 68.4 Å². The first-order chi connectivity index (χ1) is 59.0. The Labute approximate surface area is 842 Å². The number of nitrogens with zero attached hydrogens (tertiary/aromatic N) is 15. The zero-order valence-electron chi connectivity index (χ0n) is 77.1. The van der Waals surface area contributed by atoms with Crippen molar-refractivity contribution in [3.8, 4) is 0 Å². The van der Waals surface area contributed by atoms with E-state index >= 15 is 0 Å². The van der Waals surface area contributed by atoms with Crippen LogP contribution in [0.15, 0.2) is 273 Å². The van der Waals surface area contributed by atoms with Crippen LogP contribution in [0.25, 0.3) is 0 Å². The number of para-hydroxylation sites is 10. The van der Waals surface area contributed by atoms with E-state index in [1.165, 1.54) is 121 Å². The summed E-state index contributed by atoms with van der Waals surface area (Å²) in [4.78, 5) is 0. The molecule has 656 valence electrons. The number of benzene rings is 10. The van der Waals surface area contributed by atoms with E-state index in [1.54, 1.807) is 0 Å². The van der Waals surface area contributed by atoms with Crippen molar-refractivity contribution in [2.24, 2.45) is 0 Å². The molecule has 5 fully saturated rings. The molecule has 10 radical (unpaired) electrons. The van der Waals surface area contributed by atoms with Crippen molar-refractivity contribution in [3.05, 3.63) is 303 Å². The fraction of sp³-hybridized carbons (Fsp3) is 0.341. The average Bonchev–Trinajstić information content (AvgIpc) is 0.932. The molecule has 5 heterocycles. The summed E-state index contributed by atoms with van der Waals surface area (Å²) >= 11 is 0. The molecule has 0 atom stereocenters. The Kier molecular flexibility index (Phi) is 49.9.